The Hall–Kier alpha value is -1.68. The number of rotatable bonds is 4. The van der Waals surface area contributed by atoms with Crippen LogP contribution in [0.2, 0.25) is 0 Å². The molecular formula is C16H19NO3. The van der Waals surface area contributed by atoms with E-state index in [4.69, 9.17) is 10.5 Å². The van der Waals surface area contributed by atoms with Gasteiger partial charge in [0.05, 0.1) is 0 Å². The summed E-state index contributed by atoms with van der Waals surface area (Å²) < 4.78 is 5.89. The highest BCUT2D eigenvalue weighted by Gasteiger charge is 2.72. The second kappa shape index (κ2) is 4.42. The maximum absolute atomic E-state index is 12.2. The van der Waals surface area contributed by atoms with E-state index in [0.29, 0.717) is 19.3 Å². The predicted molar refractivity (Wildman–Crippen MR) is 73.9 cm³/mol. The molecule has 106 valence electrons. The van der Waals surface area contributed by atoms with Gasteiger partial charge in [0.1, 0.15) is 17.1 Å². The van der Waals surface area contributed by atoms with Crippen molar-refractivity contribution >= 4 is 11.7 Å². The summed E-state index contributed by atoms with van der Waals surface area (Å²) >= 11 is 0. The van der Waals surface area contributed by atoms with Gasteiger partial charge in [-0.05, 0) is 18.4 Å². The number of fused-ring (bicyclic) bond motifs is 1. The van der Waals surface area contributed by atoms with E-state index in [9.17, 15) is 9.59 Å². The van der Waals surface area contributed by atoms with Crippen LogP contribution in [-0.4, -0.2) is 23.4 Å². The Morgan fingerprint density at radius 1 is 1.40 bits per heavy atom. The lowest BCUT2D eigenvalue weighted by atomic mass is 9.65. The molecule has 1 aliphatic carbocycles. The Balaban J connectivity index is 1.89. The molecule has 2 aliphatic rings. The molecule has 2 fully saturated rings. The highest BCUT2D eigenvalue weighted by molar-refractivity contribution is 6.07. The van der Waals surface area contributed by atoms with E-state index in [0.717, 1.165) is 6.42 Å². The number of Topliss-reactive ketones (excluding diaryl/α,β-unsaturated/α-hetero) is 1. The number of benzene rings is 1. The third-order valence-corrected chi connectivity index (χ3v) is 4.84. The van der Waals surface area contributed by atoms with Crippen molar-refractivity contribution < 1.29 is 14.3 Å². The highest BCUT2D eigenvalue weighted by atomic mass is 16.6. The summed E-state index contributed by atoms with van der Waals surface area (Å²) in [5.74, 6) is -0.594. The Kier molecular flexibility index (Phi) is 2.94. The van der Waals surface area contributed by atoms with Gasteiger partial charge < -0.3 is 10.5 Å². The molecule has 1 saturated carbocycles. The standard InChI is InChI=1S/C16H19NO3/c1-2-16(14(17)19)12(18)8-9-15(13(16)20-15)10-11-6-4-3-5-7-11/h3-7,13H,2,8-10H2,1H3,(H2,17,19)/t13-,15+,16+/m1/s1. The van der Waals surface area contributed by atoms with Gasteiger partial charge in [-0.3, -0.25) is 9.59 Å². The number of hydrogen-bond acceptors (Lipinski definition) is 3. The quantitative estimate of drug-likeness (QED) is 0.669. The van der Waals surface area contributed by atoms with Crippen LogP contribution in [0.3, 0.4) is 0 Å². The third kappa shape index (κ3) is 1.71. The van der Waals surface area contributed by atoms with Crippen LogP contribution < -0.4 is 5.73 Å². The van der Waals surface area contributed by atoms with E-state index in [-0.39, 0.29) is 17.5 Å². The van der Waals surface area contributed by atoms with Crippen LogP contribution in [-0.2, 0) is 20.7 Å². The number of amides is 1. The second-order valence-electron chi connectivity index (χ2n) is 5.84. The normalized spacial score (nSPS) is 35.5. The monoisotopic (exact) mass is 273 g/mol. The van der Waals surface area contributed by atoms with Crippen molar-refractivity contribution in [2.75, 3.05) is 0 Å². The zero-order chi connectivity index (χ0) is 14.4. The number of epoxide rings is 1. The summed E-state index contributed by atoms with van der Waals surface area (Å²) in [6, 6.07) is 10.0. The Morgan fingerprint density at radius 2 is 2.10 bits per heavy atom. The topological polar surface area (TPSA) is 72.7 Å². The molecule has 1 saturated heterocycles. The summed E-state index contributed by atoms with van der Waals surface area (Å²) in [7, 11) is 0. The molecule has 1 aromatic rings. The molecule has 0 aromatic heterocycles. The third-order valence-electron chi connectivity index (χ3n) is 4.84. The van der Waals surface area contributed by atoms with Crippen molar-refractivity contribution in [1.82, 2.24) is 0 Å². The average molecular weight is 273 g/mol. The Bertz CT molecular complexity index is 556. The lowest BCUT2D eigenvalue weighted by molar-refractivity contribution is -0.143. The van der Waals surface area contributed by atoms with Crippen LogP contribution in [0.15, 0.2) is 30.3 Å². The number of carbonyl (C=O) groups is 2. The number of carbonyl (C=O) groups excluding carboxylic acids is 2. The minimum absolute atomic E-state index is 0.0568. The smallest absolute Gasteiger partial charge is 0.233 e. The van der Waals surface area contributed by atoms with Gasteiger partial charge in [-0.25, -0.2) is 0 Å². The minimum Gasteiger partial charge on any atom is -0.369 e. The first-order valence-corrected chi connectivity index (χ1v) is 7.10. The van der Waals surface area contributed by atoms with Gasteiger partial charge in [-0.2, -0.15) is 0 Å². The van der Waals surface area contributed by atoms with Crippen molar-refractivity contribution in [3.05, 3.63) is 35.9 Å². The summed E-state index contributed by atoms with van der Waals surface area (Å²) in [6.07, 6.45) is 1.86. The average Bonchev–Trinajstić information content (AvgIpc) is 3.15. The molecule has 0 spiro atoms. The van der Waals surface area contributed by atoms with E-state index in [2.05, 4.69) is 0 Å². The molecule has 3 atom stereocenters. The van der Waals surface area contributed by atoms with E-state index in [1.165, 1.54) is 5.56 Å². The van der Waals surface area contributed by atoms with E-state index in [1.807, 2.05) is 37.3 Å². The number of primary amides is 1. The highest BCUT2D eigenvalue weighted by Crippen LogP contribution is 2.57. The second-order valence-corrected chi connectivity index (χ2v) is 5.84. The summed E-state index contributed by atoms with van der Waals surface area (Å²) in [5, 5.41) is 0. The molecule has 1 heterocycles. The molecule has 1 aliphatic heterocycles. The molecular weight excluding hydrogens is 254 g/mol. The molecule has 3 rings (SSSR count). The number of nitrogens with two attached hydrogens (primary N) is 1. The van der Waals surface area contributed by atoms with E-state index in [1.54, 1.807) is 0 Å². The first-order chi connectivity index (χ1) is 9.55. The van der Waals surface area contributed by atoms with Crippen molar-refractivity contribution in [2.45, 2.75) is 44.3 Å². The van der Waals surface area contributed by atoms with Gasteiger partial charge in [-0.15, -0.1) is 0 Å². The minimum atomic E-state index is -1.12. The van der Waals surface area contributed by atoms with Crippen LogP contribution in [0.1, 0.15) is 31.7 Å². The molecule has 0 radical (unpaired) electrons. The maximum atomic E-state index is 12.2. The van der Waals surface area contributed by atoms with Crippen molar-refractivity contribution in [3.8, 4) is 0 Å². The van der Waals surface area contributed by atoms with Crippen LogP contribution in [0.5, 0.6) is 0 Å². The van der Waals surface area contributed by atoms with Gasteiger partial charge in [0, 0.05) is 12.8 Å². The van der Waals surface area contributed by atoms with Crippen LogP contribution in [0.25, 0.3) is 0 Å². The number of ketones is 1. The zero-order valence-corrected chi connectivity index (χ0v) is 11.6. The van der Waals surface area contributed by atoms with Crippen LogP contribution in [0, 0.1) is 5.41 Å². The molecule has 20 heavy (non-hydrogen) atoms. The fourth-order valence-corrected chi connectivity index (χ4v) is 3.62. The lowest BCUT2D eigenvalue weighted by Gasteiger charge is -2.32. The molecule has 4 nitrogen and oxygen atoms in total. The van der Waals surface area contributed by atoms with Crippen molar-refractivity contribution in [3.63, 3.8) is 0 Å². The fraction of sp³-hybridized carbons (Fsp3) is 0.500. The van der Waals surface area contributed by atoms with Crippen molar-refractivity contribution in [2.24, 2.45) is 11.1 Å². The van der Waals surface area contributed by atoms with Crippen LogP contribution in [0.4, 0.5) is 0 Å². The molecule has 0 unspecified atom stereocenters. The van der Waals surface area contributed by atoms with Gasteiger partial charge in [0.15, 0.2) is 5.78 Å². The SMILES string of the molecule is CC[C@]1(C(N)=O)C(=O)CC[C@@]2(Cc3ccccc3)O[C@H]21. The lowest BCUT2D eigenvalue weighted by Crippen LogP contribution is -2.53. The molecule has 4 heteroatoms. The summed E-state index contributed by atoms with van der Waals surface area (Å²) in [6.45, 7) is 1.84. The van der Waals surface area contributed by atoms with Gasteiger partial charge in [0.2, 0.25) is 5.91 Å². The van der Waals surface area contributed by atoms with Gasteiger partial charge in [-0.1, -0.05) is 37.3 Å². The predicted octanol–water partition coefficient (Wildman–Crippen LogP) is 1.61. The largest absolute Gasteiger partial charge is 0.369 e. The fourth-order valence-electron chi connectivity index (χ4n) is 3.62. The number of ether oxygens (including phenoxy) is 1. The zero-order valence-electron chi connectivity index (χ0n) is 11.6. The summed E-state index contributed by atoms with van der Waals surface area (Å²) in [5.41, 5.74) is 5.21. The molecule has 1 aromatic carbocycles. The van der Waals surface area contributed by atoms with E-state index < -0.39 is 11.3 Å². The van der Waals surface area contributed by atoms with Crippen LogP contribution >= 0.6 is 0 Å². The summed E-state index contributed by atoms with van der Waals surface area (Å²) in [4.78, 5) is 24.1. The van der Waals surface area contributed by atoms with E-state index >= 15 is 0 Å². The Morgan fingerprint density at radius 3 is 2.70 bits per heavy atom. The molecule has 1 amide bonds. The van der Waals surface area contributed by atoms with Gasteiger partial charge >= 0.3 is 0 Å². The maximum Gasteiger partial charge on any atom is 0.233 e. The molecule has 0 bridgehead atoms. The number of hydrogen-bond donors (Lipinski definition) is 1. The first-order valence-electron chi connectivity index (χ1n) is 7.10. The first kappa shape index (κ1) is 13.3. The van der Waals surface area contributed by atoms with Gasteiger partial charge in [0.25, 0.3) is 0 Å². The Labute approximate surface area is 118 Å². The molecule has 2 N–H and O–H groups in total. The van der Waals surface area contributed by atoms with Crippen molar-refractivity contribution in [1.29, 1.82) is 0 Å².